The molecule has 19 heavy (non-hydrogen) atoms. The van der Waals surface area contributed by atoms with E-state index < -0.39 is 0 Å². The Labute approximate surface area is 126 Å². The Balaban J connectivity index is 0.00000180. The summed E-state index contributed by atoms with van der Waals surface area (Å²) in [5.74, 6) is 0.0925. The largest absolute Gasteiger partial charge is 0.504 e. The Hall–Kier alpha value is -0.740. The monoisotopic (exact) mass is 329 g/mol. The van der Waals surface area contributed by atoms with Crippen molar-refractivity contribution in [2.24, 2.45) is 0 Å². The molecular formula is C15H24BrNO2. The van der Waals surface area contributed by atoms with Crippen LogP contribution in [0.25, 0.3) is 0 Å². The van der Waals surface area contributed by atoms with Crippen LogP contribution < -0.4 is 0 Å². The molecule has 0 aromatic heterocycles. The lowest BCUT2D eigenvalue weighted by Crippen LogP contribution is -2.37. The molecule has 0 amide bonds. The summed E-state index contributed by atoms with van der Waals surface area (Å²) in [6.45, 7) is 6.63. The van der Waals surface area contributed by atoms with Crippen LogP contribution >= 0.6 is 17.0 Å². The molecule has 0 heterocycles. The molecule has 108 valence electrons. The van der Waals surface area contributed by atoms with Crippen molar-refractivity contribution in [3.63, 3.8) is 0 Å². The highest BCUT2D eigenvalue weighted by molar-refractivity contribution is 8.93. The Morgan fingerprint density at radius 2 is 1.74 bits per heavy atom. The molecule has 3 nitrogen and oxygen atoms in total. The topological polar surface area (TPSA) is 43.7 Å². The zero-order valence-electron chi connectivity index (χ0n) is 11.7. The van der Waals surface area contributed by atoms with Crippen molar-refractivity contribution in [3.05, 3.63) is 23.3 Å². The molecule has 1 unspecified atom stereocenters. The summed E-state index contributed by atoms with van der Waals surface area (Å²) in [5, 5.41) is 19.5. The van der Waals surface area contributed by atoms with Gasteiger partial charge in [0.05, 0.1) is 0 Å². The summed E-state index contributed by atoms with van der Waals surface area (Å²) in [6.07, 6.45) is 4.16. The number of halogens is 1. The molecule has 2 N–H and O–H groups in total. The first-order chi connectivity index (χ1) is 8.67. The molecule has 0 bridgehead atoms. The smallest absolute Gasteiger partial charge is 0.161 e. The molecule has 0 saturated heterocycles. The van der Waals surface area contributed by atoms with Gasteiger partial charge in [-0.15, -0.1) is 17.0 Å². The van der Waals surface area contributed by atoms with E-state index in [-0.39, 0.29) is 28.5 Å². The van der Waals surface area contributed by atoms with Crippen LogP contribution in [-0.2, 0) is 12.8 Å². The molecule has 1 aromatic carbocycles. The zero-order valence-corrected chi connectivity index (χ0v) is 13.4. The van der Waals surface area contributed by atoms with E-state index in [9.17, 15) is 10.2 Å². The predicted molar refractivity (Wildman–Crippen MR) is 83.4 cm³/mol. The second-order valence-electron chi connectivity index (χ2n) is 5.17. The first-order valence-electron chi connectivity index (χ1n) is 6.94. The molecule has 0 saturated carbocycles. The molecule has 1 aliphatic rings. The molecule has 1 atom stereocenters. The third kappa shape index (κ3) is 3.42. The Kier molecular flexibility index (Phi) is 6.14. The van der Waals surface area contributed by atoms with Gasteiger partial charge >= 0.3 is 0 Å². The van der Waals surface area contributed by atoms with E-state index >= 15 is 0 Å². The van der Waals surface area contributed by atoms with Crippen LogP contribution in [0.2, 0.25) is 0 Å². The third-order valence-electron chi connectivity index (χ3n) is 3.79. The van der Waals surface area contributed by atoms with Crippen molar-refractivity contribution >= 4 is 17.0 Å². The second-order valence-corrected chi connectivity index (χ2v) is 5.17. The molecule has 1 aliphatic carbocycles. The summed E-state index contributed by atoms with van der Waals surface area (Å²) in [5.41, 5.74) is 2.13. The number of nitrogens with zero attached hydrogens (tertiary/aromatic N) is 1. The first kappa shape index (κ1) is 16.3. The van der Waals surface area contributed by atoms with E-state index in [1.807, 2.05) is 6.07 Å². The minimum absolute atomic E-state index is 0. The van der Waals surface area contributed by atoms with Crippen LogP contribution in [-0.4, -0.2) is 34.2 Å². The maximum atomic E-state index is 9.91. The van der Waals surface area contributed by atoms with Gasteiger partial charge in [-0.2, -0.15) is 0 Å². The quantitative estimate of drug-likeness (QED) is 0.815. The van der Waals surface area contributed by atoms with Gasteiger partial charge < -0.3 is 10.2 Å². The van der Waals surface area contributed by atoms with Crippen LogP contribution in [0.5, 0.6) is 11.5 Å². The Bertz CT molecular complexity index is 417. The minimum atomic E-state index is 0. The summed E-state index contributed by atoms with van der Waals surface area (Å²) >= 11 is 0. The Morgan fingerprint density at radius 3 is 2.32 bits per heavy atom. The van der Waals surface area contributed by atoms with Gasteiger partial charge in [-0.3, -0.25) is 4.90 Å². The number of rotatable bonds is 5. The van der Waals surface area contributed by atoms with Gasteiger partial charge in [-0.05, 0) is 50.4 Å². The van der Waals surface area contributed by atoms with Crippen LogP contribution in [0.1, 0.15) is 37.8 Å². The average molecular weight is 330 g/mol. The maximum absolute atomic E-state index is 9.91. The molecule has 0 aliphatic heterocycles. The predicted octanol–water partition coefficient (Wildman–Crippen LogP) is 3.26. The highest BCUT2D eigenvalue weighted by atomic mass is 79.9. The molecule has 0 spiro atoms. The van der Waals surface area contributed by atoms with Gasteiger partial charge in [0.1, 0.15) is 0 Å². The van der Waals surface area contributed by atoms with Crippen molar-refractivity contribution < 1.29 is 10.2 Å². The van der Waals surface area contributed by atoms with E-state index in [4.69, 9.17) is 0 Å². The maximum Gasteiger partial charge on any atom is 0.161 e. The van der Waals surface area contributed by atoms with Gasteiger partial charge in [-0.25, -0.2) is 0 Å². The normalized spacial score (nSPS) is 17.3. The fraction of sp³-hybridized carbons (Fsp3) is 0.600. The van der Waals surface area contributed by atoms with Crippen molar-refractivity contribution in [3.8, 4) is 11.5 Å². The van der Waals surface area contributed by atoms with Crippen molar-refractivity contribution in [2.45, 2.75) is 45.6 Å². The zero-order chi connectivity index (χ0) is 13.1. The van der Waals surface area contributed by atoms with Crippen molar-refractivity contribution in [2.75, 3.05) is 13.1 Å². The van der Waals surface area contributed by atoms with E-state index in [1.54, 1.807) is 6.07 Å². The number of phenolic OH excluding ortho intramolecular Hbond substituents is 2. The highest BCUT2D eigenvalue weighted by Crippen LogP contribution is 2.37. The lowest BCUT2D eigenvalue weighted by Gasteiger charge is -2.27. The number of aromatic hydroxyl groups is 2. The van der Waals surface area contributed by atoms with Gasteiger partial charge in [0.2, 0.25) is 0 Å². The number of fused-ring (bicyclic) bond motifs is 1. The summed E-state index contributed by atoms with van der Waals surface area (Å²) < 4.78 is 0. The fourth-order valence-corrected chi connectivity index (χ4v) is 2.96. The standard InChI is InChI=1S/C15H23NO2.BrH/c1-3-7-16(8-4-2)12-9-11-5-6-14(17)15(18)13(11)10-12;/h5-6,12,17-18H,3-4,7-10H2,1-2H3;1H. The van der Waals surface area contributed by atoms with E-state index in [2.05, 4.69) is 18.7 Å². The number of hydrogen-bond acceptors (Lipinski definition) is 3. The lowest BCUT2D eigenvalue weighted by atomic mass is 10.1. The Morgan fingerprint density at radius 1 is 1.11 bits per heavy atom. The first-order valence-corrected chi connectivity index (χ1v) is 6.94. The summed E-state index contributed by atoms with van der Waals surface area (Å²) in [4.78, 5) is 2.51. The van der Waals surface area contributed by atoms with E-state index in [0.29, 0.717) is 6.04 Å². The molecular weight excluding hydrogens is 306 g/mol. The molecule has 2 rings (SSSR count). The van der Waals surface area contributed by atoms with Gasteiger partial charge in [-0.1, -0.05) is 19.9 Å². The van der Waals surface area contributed by atoms with Crippen molar-refractivity contribution in [1.29, 1.82) is 0 Å². The molecule has 4 heteroatoms. The van der Waals surface area contributed by atoms with Crippen LogP contribution in [0, 0.1) is 0 Å². The second kappa shape index (κ2) is 7.15. The minimum Gasteiger partial charge on any atom is -0.504 e. The average Bonchev–Trinajstić information content (AvgIpc) is 2.78. The number of phenols is 2. The van der Waals surface area contributed by atoms with Crippen LogP contribution in [0.15, 0.2) is 12.1 Å². The highest BCUT2D eigenvalue weighted by Gasteiger charge is 2.28. The van der Waals surface area contributed by atoms with Crippen molar-refractivity contribution in [1.82, 2.24) is 4.90 Å². The summed E-state index contributed by atoms with van der Waals surface area (Å²) in [7, 11) is 0. The molecule has 0 fully saturated rings. The lowest BCUT2D eigenvalue weighted by molar-refractivity contribution is 0.201. The SMILES string of the molecule is Br.CCCN(CCC)C1Cc2ccc(O)c(O)c2C1. The van der Waals surface area contributed by atoms with Crippen LogP contribution in [0.3, 0.4) is 0 Å². The fourth-order valence-electron chi connectivity index (χ4n) is 2.96. The molecule has 1 aromatic rings. The van der Waals surface area contributed by atoms with Gasteiger partial charge in [0.25, 0.3) is 0 Å². The van der Waals surface area contributed by atoms with E-state index in [1.165, 1.54) is 5.56 Å². The van der Waals surface area contributed by atoms with Gasteiger partial charge in [0, 0.05) is 11.6 Å². The van der Waals surface area contributed by atoms with E-state index in [0.717, 1.165) is 44.3 Å². The number of benzene rings is 1. The van der Waals surface area contributed by atoms with Crippen LogP contribution in [0.4, 0.5) is 0 Å². The summed E-state index contributed by atoms with van der Waals surface area (Å²) in [6, 6.07) is 4.02. The third-order valence-corrected chi connectivity index (χ3v) is 3.79. The molecule has 0 radical (unpaired) electrons. The number of hydrogen-bond donors (Lipinski definition) is 2. The van der Waals surface area contributed by atoms with Gasteiger partial charge in [0.15, 0.2) is 11.5 Å².